The van der Waals surface area contributed by atoms with Crippen molar-refractivity contribution in [2.75, 3.05) is 49.6 Å². The topological polar surface area (TPSA) is 84.6 Å². The molecular weight excluding hydrogens is 524 g/mol. The summed E-state index contributed by atoms with van der Waals surface area (Å²) in [6.07, 6.45) is 3.66. The van der Waals surface area contributed by atoms with Gasteiger partial charge in [0.1, 0.15) is 5.82 Å². The van der Waals surface area contributed by atoms with E-state index in [1.807, 2.05) is 25.3 Å². The number of anilines is 2. The molecule has 0 saturated carbocycles. The Morgan fingerprint density at radius 3 is 2.48 bits per heavy atom. The molecule has 2 aromatic heterocycles. The molecule has 0 spiro atoms. The Bertz CT molecular complexity index is 1500. The highest BCUT2D eigenvalue weighted by Gasteiger charge is 2.40. The zero-order valence-corrected chi connectivity index (χ0v) is 26.3. The van der Waals surface area contributed by atoms with Gasteiger partial charge in [-0.15, -0.1) is 0 Å². The third-order valence-electron chi connectivity index (χ3n) is 8.75. The van der Waals surface area contributed by atoms with E-state index in [-0.39, 0.29) is 29.5 Å². The molecule has 0 bridgehead atoms. The lowest BCUT2D eigenvalue weighted by molar-refractivity contribution is 0.0949. The van der Waals surface area contributed by atoms with Crippen LogP contribution in [0.4, 0.5) is 11.5 Å². The van der Waals surface area contributed by atoms with Crippen LogP contribution in [0.3, 0.4) is 0 Å². The van der Waals surface area contributed by atoms with E-state index >= 15 is 0 Å². The van der Waals surface area contributed by atoms with E-state index < -0.39 is 0 Å². The van der Waals surface area contributed by atoms with E-state index in [0.717, 1.165) is 85.0 Å². The molecule has 8 nitrogen and oxygen atoms in total. The van der Waals surface area contributed by atoms with Gasteiger partial charge in [0, 0.05) is 85.0 Å². The van der Waals surface area contributed by atoms with E-state index in [9.17, 15) is 9.59 Å². The molecule has 5 rings (SSSR count). The second-order valence-electron chi connectivity index (χ2n) is 12.9. The van der Waals surface area contributed by atoms with Gasteiger partial charge < -0.3 is 25.0 Å². The number of benzene rings is 1. The first-order valence-electron chi connectivity index (χ1n) is 15.3. The molecule has 1 amide bonds. The fraction of sp³-hybridized carbons (Fsp3) is 0.500. The van der Waals surface area contributed by atoms with Gasteiger partial charge >= 0.3 is 0 Å². The maximum Gasteiger partial charge on any atom is 0.253 e. The summed E-state index contributed by atoms with van der Waals surface area (Å²) >= 11 is 0. The molecule has 0 radical (unpaired) electrons. The fourth-order valence-electron chi connectivity index (χ4n) is 6.48. The molecule has 3 aromatic rings. The number of pyridine rings is 2. The molecule has 0 unspecified atom stereocenters. The first kappa shape index (κ1) is 29.8. The average Bonchev–Trinajstić information content (AvgIpc) is 3.23. The van der Waals surface area contributed by atoms with Crippen molar-refractivity contribution in [2.45, 2.75) is 72.4 Å². The molecule has 1 aromatic carbocycles. The van der Waals surface area contributed by atoms with Crippen LogP contribution >= 0.6 is 0 Å². The number of fused-ring (bicyclic) bond motifs is 1. The number of nitrogens with zero attached hydrogens (tertiary/aromatic N) is 4. The third kappa shape index (κ3) is 5.95. The number of aryl methyl sites for hydroxylation is 2. The van der Waals surface area contributed by atoms with Gasteiger partial charge in [0.05, 0.1) is 0 Å². The van der Waals surface area contributed by atoms with Gasteiger partial charge in [-0.2, -0.15) is 0 Å². The molecule has 2 aliphatic heterocycles. The number of rotatable bonds is 8. The number of hydrogen-bond donors (Lipinski definition) is 2. The highest BCUT2D eigenvalue weighted by molar-refractivity contribution is 6.00. The lowest BCUT2D eigenvalue weighted by Gasteiger charge is -2.33. The Morgan fingerprint density at radius 1 is 1.10 bits per heavy atom. The monoisotopic (exact) mass is 570 g/mol. The van der Waals surface area contributed by atoms with Crippen LogP contribution in [-0.2, 0) is 18.4 Å². The van der Waals surface area contributed by atoms with Crippen LogP contribution in [0.2, 0.25) is 0 Å². The summed E-state index contributed by atoms with van der Waals surface area (Å²) in [7, 11) is 2.15. The predicted molar refractivity (Wildman–Crippen MR) is 172 cm³/mol. The number of carbonyl (C=O) groups excluding carboxylic acids is 1. The van der Waals surface area contributed by atoms with Gasteiger partial charge in [-0.05, 0) is 81.3 Å². The van der Waals surface area contributed by atoms with E-state index in [1.165, 1.54) is 0 Å². The predicted octanol–water partition coefficient (Wildman–Crippen LogP) is 4.89. The summed E-state index contributed by atoms with van der Waals surface area (Å²) in [5.41, 5.74) is 6.92. The molecule has 1 fully saturated rings. The number of nitrogens with one attached hydrogen (secondary N) is 2. The standard InChI is InChI=1S/C34H46N6O2/c1-8-9-24-16-23(4)37-33(42)28(24)20-36-32(41)27-17-26(18-29-31(27)34(5,6)21-40(29)22(2)3)25-10-11-30(35-19-25)39-14-12-38(7)13-15-39/h10-11,16-19,22H,8-9,12-15,20-21H2,1-7H3,(H,36,41)(H,37,42). The number of carbonyl (C=O) groups is 1. The smallest absolute Gasteiger partial charge is 0.253 e. The van der Waals surface area contributed by atoms with Gasteiger partial charge in [-0.3, -0.25) is 9.59 Å². The highest BCUT2D eigenvalue weighted by atomic mass is 16.2. The second kappa shape index (κ2) is 11.9. The van der Waals surface area contributed by atoms with Crippen molar-refractivity contribution in [3.63, 3.8) is 0 Å². The zero-order valence-electron chi connectivity index (χ0n) is 26.3. The van der Waals surface area contributed by atoms with Crippen molar-refractivity contribution in [1.29, 1.82) is 0 Å². The molecule has 8 heteroatoms. The summed E-state index contributed by atoms with van der Waals surface area (Å²) < 4.78 is 0. The van der Waals surface area contributed by atoms with E-state index in [2.05, 4.69) is 84.9 Å². The lowest BCUT2D eigenvalue weighted by atomic mass is 9.82. The van der Waals surface area contributed by atoms with Crippen molar-refractivity contribution < 1.29 is 4.79 Å². The maximum absolute atomic E-state index is 14.0. The fourth-order valence-corrected chi connectivity index (χ4v) is 6.48. The molecule has 0 atom stereocenters. The number of hydrogen-bond acceptors (Lipinski definition) is 6. The highest BCUT2D eigenvalue weighted by Crippen LogP contribution is 2.45. The molecule has 1 saturated heterocycles. The Labute approximate surface area is 250 Å². The van der Waals surface area contributed by atoms with Crippen molar-refractivity contribution in [3.05, 3.63) is 74.8 Å². The molecule has 4 heterocycles. The van der Waals surface area contributed by atoms with Crippen LogP contribution in [0.15, 0.2) is 41.3 Å². The second-order valence-corrected chi connectivity index (χ2v) is 12.9. The van der Waals surface area contributed by atoms with Gasteiger partial charge in [-0.25, -0.2) is 4.98 Å². The minimum Gasteiger partial charge on any atom is -0.368 e. The van der Waals surface area contributed by atoms with Crippen LogP contribution < -0.4 is 20.7 Å². The summed E-state index contributed by atoms with van der Waals surface area (Å²) in [6.45, 7) is 17.8. The Morgan fingerprint density at radius 2 is 1.83 bits per heavy atom. The molecule has 2 N–H and O–H groups in total. The largest absolute Gasteiger partial charge is 0.368 e. The van der Waals surface area contributed by atoms with Crippen molar-refractivity contribution in [1.82, 2.24) is 20.2 Å². The van der Waals surface area contributed by atoms with Crippen LogP contribution in [0.1, 0.15) is 73.8 Å². The minimum atomic E-state index is -0.205. The summed E-state index contributed by atoms with van der Waals surface area (Å²) in [6, 6.07) is 10.8. The minimum absolute atomic E-state index is 0.129. The number of aromatic amines is 1. The van der Waals surface area contributed by atoms with E-state index in [4.69, 9.17) is 4.98 Å². The number of H-pyrrole nitrogens is 1. The SMILES string of the molecule is CCCc1cc(C)[nH]c(=O)c1CNC(=O)c1cc(-c2ccc(N3CCN(C)CC3)nc2)cc2c1C(C)(C)CN2C(C)C. The Balaban J connectivity index is 1.51. The Hall–Kier alpha value is -3.65. The average molecular weight is 571 g/mol. The number of likely N-dealkylation sites (N-methyl/N-ethyl adjacent to an activating group) is 1. The first-order chi connectivity index (χ1) is 20.0. The van der Waals surface area contributed by atoms with Gasteiger partial charge in [0.15, 0.2) is 0 Å². The number of amides is 1. The maximum atomic E-state index is 14.0. The van der Waals surface area contributed by atoms with Gasteiger partial charge in [-0.1, -0.05) is 27.2 Å². The quantitative estimate of drug-likeness (QED) is 0.402. The lowest BCUT2D eigenvalue weighted by Crippen LogP contribution is -2.44. The van der Waals surface area contributed by atoms with Crippen molar-refractivity contribution >= 4 is 17.4 Å². The molecule has 42 heavy (non-hydrogen) atoms. The van der Waals surface area contributed by atoms with E-state index in [1.54, 1.807) is 0 Å². The molecule has 2 aliphatic rings. The van der Waals surface area contributed by atoms with Crippen LogP contribution in [0.25, 0.3) is 11.1 Å². The molecular formula is C34H46N6O2. The number of piperazine rings is 1. The summed E-state index contributed by atoms with van der Waals surface area (Å²) in [5.74, 6) is 0.832. The molecule has 224 valence electrons. The molecule has 0 aliphatic carbocycles. The van der Waals surface area contributed by atoms with Gasteiger partial charge in [0.2, 0.25) is 0 Å². The number of aromatic nitrogens is 2. The van der Waals surface area contributed by atoms with E-state index in [0.29, 0.717) is 11.1 Å². The summed E-state index contributed by atoms with van der Waals surface area (Å²) in [5, 5.41) is 3.12. The van der Waals surface area contributed by atoms with Crippen molar-refractivity contribution in [2.24, 2.45) is 0 Å². The Kier molecular flexibility index (Phi) is 8.46. The first-order valence-corrected chi connectivity index (χ1v) is 15.3. The van der Waals surface area contributed by atoms with Crippen molar-refractivity contribution in [3.8, 4) is 11.1 Å². The summed E-state index contributed by atoms with van der Waals surface area (Å²) in [4.78, 5) is 41.7. The normalized spacial score (nSPS) is 16.7. The third-order valence-corrected chi connectivity index (χ3v) is 8.75. The van der Waals surface area contributed by atoms with Crippen LogP contribution in [0, 0.1) is 6.92 Å². The van der Waals surface area contributed by atoms with Gasteiger partial charge in [0.25, 0.3) is 11.5 Å². The van der Waals surface area contributed by atoms with Crippen LogP contribution in [-0.4, -0.2) is 66.6 Å². The zero-order chi connectivity index (χ0) is 30.2. The van der Waals surface area contributed by atoms with Crippen LogP contribution in [0.5, 0.6) is 0 Å².